The molecule has 0 amide bonds. The number of carbonyl (C=O) groups is 3. The van der Waals surface area contributed by atoms with Crippen molar-refractivity contribution in [1.29, 1.82) is 0 Å². The summed E-state index contributed by atoms with van der Waals surface area (Å²) in [7, 11) is 0. The van der Waals surface area contributed by atoms with Gasteiger partial charge in [-0.3, -0.25) is 9.59 Å². The molecule has 0 atom stereocenters. The molecule has 2 heterocycles. The van der Waals surface area contributed by atoms with Gasteiger partial charge < -0.3 is 14.2 Å². The van der Waals surface area contributed by atoms with E-state index in [0.717, 1.165) is 11.3 Å². The van der Waals surface area contributed by atoms with Crippen molar-refractivity contribution in [2.24, 2.45) is 0 Å². The zero-order valence-corrected chi connectivity index (χ0v) is 17.1. The molecule has 1 aliphatic rings. The lowest BCUT2D eigenvalue weighted by Gasteiger charge is -2.18. The number of esters is 1. The Labute approximate surface area is 180 Å². The molecule has 0 unspecified atom stereocenters. The van der Waals surface area contributed by atoms with Crippen molar-refractivity contribution in [2.75, 3.05) is 19.8 Å². The van der Waals surface area contributed by atoms with E-state index in [1.807, 2.05) is 0 Å². The minimum absolute atomic E-state index is 0.0781. The van der Waals surface area contributed by atoms with E-state index in [4.69, 9.17) is 25.8 Å². The molecule has 1 aromatic heterocycles. The van der Waals surface area contributed by atoms with Crippen LogP contribution in [0.4, 0.5) is 0 Å². The standard InChI is InChI=1S/C22H15ClO6S/c23-20-8-7-19(30-20)16(24)12-29-22(26)15-4-2-1-3-14(15)21(25)13-5-6-17-18(11-13)28-10-9-27-17/h1-8,11H,9-10,12H2. The lowest BCUT2D eigenvalue weighted by molar-refractivity contribution is 0.0474. The van der Waals surface area contributed by atoms with Gasteiger partial charge in [-0.05, 0) is 36.4 Å². The number of fused-ring (bicyclic) bond motifs is 1. The maximum Gasteiger partial charge on any atom is 0.339 e. The van der Waals surface area contributed by atoms with Crippen molar-refractivity contribution in [3.8, 4) is 11.5 Å². The van der Waals surface area contributed by atoms with Crippen molar-refractivity contribution in [1.82, 2.24) is 0 Å². The molecule has 1 aliphatic heterocycles. The summed E-state index contributed by atoms with van der Waals surface area (Å²) in [5.74, 6) is -0.440. The molecule has 0 spiro atoms. The fraction of sp³-hybridized carbons (Fsp3) is 0.136. The number of ketones is 2. The molecule has 0 N–H and O–H groups in total. The highest BCUT2D eigenvalue weighted by atomic mass is 35.5. The summed E-state index contributed by atoms with van der Waals surface area (Å²) in [6.07, 6.45) is 0. The van der Waals surface area contributed by atoms with E-state index >= 15 is 0 Å². The van der Waals surface area contributed by atoms with Crippen LogP contribution in [0, 0.1) is 0 Å². The number of thiophene rings is 1. The molecule has 8 heteroatoms. The molecule has 30 heavy (non-hydrogen) atoms. The minimum Gasteiger partial charge on any atom is -0.486 e. The minimum atomic E-state index is -0.757. The number of hydrogen-bond acceptors (Lipinski definition) is 7. The molecule has 0 bridgehead atoms. The Kier molecular flexibility index (Phi) is 5.83. The van der Waals surface area contributed by atoms with E-state index in [9.17, 15) is 14.4 Å². The summed E-state index contributed by atoms with van der Waals surface area (Å²) < 4.78 is 16.6. The third kappa shape index (κ3) is 4.22. The third-order valence-electron chi connectivity index (χ3n) is 4.38. The summed E-state index contributed by atoms with van der Waals surface area (Å²) in [6.45, 7) is 0.407. The van der Waals surface area contributed by atoms with Crippen molar-refractivity contribution >= 4 is 40.5 Å². The molecule has 4 rings (SSSR count). The van der Waals surface area contributed by atoms with E-state index in [2.05, 4.69) is 0 Å². The van der Waals surface area contributed by atoms with Gasteiger partial charge in [0.05, 0.1) is 14.8 Å². The zero-order chi connectivity index (χ0) is 21.1. The van der Waals surface area contributed by atoms with E-state index in [0.29, 0.717) is 39.5 Å². The van der Waals surface area contributed by atoms with Crippen LogP contribution in [-0.4, -0.2) is 37.4 Å². The van der Waals surface area contributed by atoms with Crippen LogP contribution >= 0.6 is 22.9 Å². The van der Waals surface area contributed by atoms with Gasteiger partial charge in [0.15, 0.2) is 23.9 Å². The Hall–Kier alpha value is -3.16. The number of carbonyl (C=O) groups excluding carboxylic acids is 3. The summed E-state index contributed by atoms with van der Waals surface area (Å²) in [4.78, 5) is 38.2. The molecule has 0 radical (unpaired) electrons. The smallest absolute Gasteiger partial charge is 0.339 e. The summed E-state index contributed by atoms with van der Waals surface area (Å²) >= 11 is 6.93. The predicted octanol–water partition coefficient (Wildman–Crippen LogP) is 4.44. The second-order valence-electron chi connectivity index (χ2n) is 6.34. The van der Waals surface area contributed by atoms with Gasteiger partial charge in [0.1, 0.15) is 13.2 Å². The number of Topliss-reactive ketones (excluding diaryl/α,β-unsaturated/α-hetero) is 1. The first kappa shape index (κ1) is 20.1. The van der Waals surface area contributed by atoms with E-state index < -0.39 is 12.6 Å². The van der Waals surface area contributed by atoms with Crippen LogP contribution in [0.5, 0.6) is 11.5 Å². The van der Waals surface area contributed by atoms with Crippen LogP contribution in [-0.2, 0) is 4.74 Å². The third-order valence-corrected chi connectivity index (χ3v) is 5.65. The average Bonchev–Trinajstić information content (AvgIpc) is 3.22. The average molecular weight is 443 g/mol. The molecule has 3 aromatic rings. The van der Waals surface area contributed by atoms with Crippen molar-refractivity contribution in [2.45, 2.75) is 0 Å². The topological polar surface area (TPSA) is 78.9 Å². The second-order valence-corrected chi connectivity index (χ2v) is 8.05. The Balaban J connectivity index is 1.52. The van der Waals surface area contributed by atoms with Crippen LogP contribution < -0.4 is 9.47 Å². The van der Waals surface area contributed by atoms with Gasteiger partial charge in [-0.15, -0.1) is 11.3 Å². The van der Waals surface area contributed by atoms with Gasteiger partial charge in [-0.2, -0.15) is 0 Å². The molecule has 6 nitrogen and oxygen atoms in total. The van der Waals surface area contributed by atoms with Crippen LogP contribution in [0.1, 0.15) is 36.0 Å². The van der Waals surface area contributed by atoms with Gasteiger partial charge >= 0.3 is 5.97 Å². The Bertz CT molecular complexity index is 1140. The number of ether oxygens (including phenoxy) is 3. The molecule has 2 aromatic carbocycles. The Morgan fingerprint density at radius 2 is 1.67 bits per heavy atom. The number of rotatable bonds is 6. The summed E-state index contributed by atoms with van der Waals surface area (Å²) in [5.41, 5.74) is 0.601. The number of benzene rings is 2. The molecule has 0 aliphatic carbocycles. The highest BCUT2D eigenvalue weighted by Gasteiger charge is 2.22. The second kappa shape index (κ2) is 8.69. The monoisotopic (exact) mass is 442 g/mol. The first-order chi connectivity index (χ1) is 14.5. The van der Waals surface area contributed by atoms with E-state index in [1.165, 1.54) is 12.1 Å². The Morgan fingerprint density at radius 3 is 2.40 bits per heavy atom. The van der Waals surface area contributed by atoms with Crippen molar-refractivity contribution in [3.63, 3.8) is 0 Å². The normalized spacial score (nSPS) is 12.3. The first-order valence-electron chi connectivity index (χ1n) is 9.02. The van der Waals surface area contributed by atoms with Gasteiger partial charge in [0.25, 0.3) is 0 Å². The molecule has 0 fully saturated rings. The van der Waals surface area contributed by atoms with Crippen LogP contribution in [0.3, 0.4) is 0 Å². The van der Waals surface area contributed by atoms with Gasteiger partial charge in [0, 0.05) is 11.1 Å². The number of hydrogen-bond donors (Lipinski definition) is 0. The van der Waals surface area contributed by atoms with E-state index in [1.54, 1.807) is 42.5 Å². The van der Waals surface area contributed by atoms with Crippen molar-refractivity contribution < 1.29 is 28.6 Å². The number of halogens is 1. The largest absolute Gasteiger partial charge is 0.486 e. The maximum atomic E-state index is 13.0. The summed E-state index contributed by atoms with van der Waals surface area (Å²) in [5, 5.41) is 0. The predicted molar refractivity (Wildman–Crippen MR) is 111 cm³/mol. The van der Waals surface area contributed by atoms with Crippen molar-refractivity contribution in [3.05, 3.63) is 80.5 Å². The molecule has 0 saturated heterocycles. The lowest BCUT2D eigenvalue weighted by atomic mass is 9.98. The maximum absolute atomic E-state index is 13.0. The van der Waals surface area contributed by atoms with Gasteiger partial charge in [-0.25, -0.2) is 4.79 Å². The van der Waals surface area contributed by atoms with Gasteiger partial charge in [-0.1, -0.05) is 29.8 Å². The molecule has 0 saturated carbocycles. The Morgan fingerprint density at radius 1 is 0.933 bits per heavy atom. The highest BCUT2D eigenvalue weighted by Crippen LogP contribution is 2.31. The lowest BCUT2D eigenvalue weighted by Crippen LogP contribution is -2.17. The molecule has 152 valence electrons. The van der Waals surface area contributed by atoms with Crippen LogP contribution in [0.2, 0.25) is 4.34 Å². The highest BCUT2D eigenvalue weighted by molar-refractivity contribution is 7.18. The quantitative estimate of drug-likeness (QED) is 0.414. The fourth-order valence-corrected chi connectivity index (χ4v) is 3.91. The van der Waals surface area contributed by atoms with Crippen LogP contribution in [0.15, 0.2) is 54.6 Å². The first-order valence-corrected chi connectivity index (χ1v) is 10.2. The zero-order valence-electron chi connectivity index (χ0n) is 15.6. The molecular weight excluding hydrogens is 428 g/mol. The molecular formula is C22H15ClO6S. The van der Waals surface area contributed by atoms with Crippen LogP contribution in [0.25, 0.3) is 0 Å². The van der Waals surface area contributed by atoms with Gasteiger partial charge in [0.2, 0.25) is 5.78 Å². The summed E-state index contributed by atoms with van der Waals surface area (Å²) in [6, 6.07) is 14.3. The SMILES string of the molecule is O=C(COC(=O)c1ccccc1C(=O)c1ccc2c(c1)OCCO2)c1ccc(Cl)s1. The fourth-order valence-electron chi connectivity index (χ4n) is 2.94. The van der Waals surface area contributed by atoms with E-state index in [-0.39, 0.29) is 22.7 Å².